The molecule has 0 bridgehead atoms. The van der Waals surface area contributed by atoms with Gasteiger partial charge in [-0.05, 0) is 49.8 Å². The van der Waals surface area contributed by atoms with Crippen LogP contribution in [0.3, 0.4) is 0 Å². The molecule has 13 heavy (non-hydrogen) atoms. The molecule has 0 fully saturated rings. The summed E-state index contributed by atoms with van der Waals surface area (Å²) < 4.78 is 0. The Morgan fingerprint density at radius 2 is 1.77 bits per heavy atom. The molecular weight excluding hydrogens is 158 g/mol. The highest BCUT2D eigenvalue weighted by atomic mass is 14.3. The molecule has 0 radical (unpaired) electrons. The average molecular weight is 171 g/mol. The molecule has 2 rings (SSSR count). The summed E-state index contributed by atoms with van der Waals surface area (Å²) in [7, 11) is 0. The van der Waals surface area contributed by atoms with E-state index >= 15 is 0 Å². The molecule has 0 aromatic rings. The Bertz CT molecular complexity index is 361. The molecule has 0 unspecified atom stereocenters. The molecule has 0 aromatic heterocycles. The van der Waals surface area contributed by atoms with Gasteiger partial charge in [-0.25, -0.2) is 0 Å². The van der Waals surface area contributed by atoms with Crippen LogP contribution in [0.1, 0.15) is 32.6 Å². The Balaban J connectivity index is 2.35. The van der Waals surface area contributed by atoms with Gasteiger partial charge in [0.15, 0.2) is 0 Å². The minimum atomic E-state index is 0.930. The van der Waals surface area contributed by atoms with Gasteiger partial charge in [0, 0.05) is 5.57 Å². The lowest BCUT2D eigenvalue weighted by Gasteiger charge is -2.20. The predicted molar refractivity (Wildman–Crippen MR) is 52.9 cm³/mol. The molecule has 1 nitrogen and oxygen atoms in total. The van der Waals surface area contributed by atoms with Gasteiger partial charge >= 0.3 is 0 Å². The summed E-state index contributed by atoms with van der Waals surface area (Å²) in [4.78, 5) is 0. The zero-order valence-electron chi connectivity index (χ0n) is 7.93. The molecule has 0 heterocycles. The van der Waals surface area contributed by atoms with Gasteiger partial charge in [-0.3, -0.25) is 0 Å². The first-order chi connectivity index (χ1) is 6.29. The van der Waals surface area contributed by atoms with E-state index in [1.165, 1.54) is 16.7 Å². The topological polar surface area (TPSA) is 23.8 Å². The van der Waals surface area contributed by atoms with Crippen molar-refractivity contribution in [3.8, 4) is 6.07 Å². The molecule has 0 atom stereocenters. The molecule has 0 N–H and O–H groups in total. The van der Waals surface area contributed by atoms with Gasteiger partial charge in [0.25, 0.3) is 0 Å². The van der Waals surface area contributed by atoms with Crippen molar-refractivity contribution in [3.05, 3.63) is 34.4 Å². The van der Waals surface area contributed by atoms with Crippen LogP contribution in [0.4, 0.5) is 0 Å². The minimum Gasteiger partial charge on any atom is -0.193 e. The summed E-state index contributed by atoms with van der Waals surface area (Å²) in [5, 5.41) is 8.78. The van der Waals surface area contributed by atoms with Gasteiger partial charge in [0.1, 0.15) is 0 Å². The van der Waals surface area contributed by atoms with Crippen LogP contribution in [0.2, 0.25) is 0 Å². The third-order valence-electron chi connectivity index (χ3n) is 2.78. The summed E-state index contributed by atoms with van der Waals surface area (Å²) >= 11 is 0. The SMILES string of the molecule is CC1=CC2=C(C=C(C#N)CC2)CC1. The van der Waals surface area contributed by atoms with Crippen molar-refractivity contribution in [2.75, 3.05) is 0 Å². The van der Waals surface area contributed by atoms with Crippen LogP contribution in [-0.2, 0) is 0 Å². The van der Waals surface area contributed by atoms with Crippen molar-refractivity contribution < 1.29 is 0 Å². The second-order valence-electron chi connectivity index (χ2n) is 3.82. The Hall–Kier alpha value is -1.29. The summed E-state index contributed by atoms with van der Waals surface area (Å²) in [6, 6.07) is 2.25. The van der Waals surface area contributed by atoms with Gasteiger partial charge in [0.05, 0.1) is 6.07 Å². The normalized spacial score (nSPS) is 21.5. The van der Waals surface area contributed by atoms with E-state index < -0.39 is 0 Å². The average Bonchev–Trinajstić information content (AvgIpc) is 2.17. The maximum absolute atomic E-state index is 8.78. The van der Waals surface area contributed by atoms with Crippen molar-refractivity contribution in [1.29, 1.82) is 5.26 Å². The van der Waals surface area contributed by atoms with Crippen LogP contribution < -0.4 is 0 Å². The lowest BCUT2D eigenvalue weighted by atomic mass is 9.85. The van der Waals surface area contributed by atoms with Crippen LogP contribution >= 0.6 is 0 Å². The molecule has 2 aliphatic carbocycles. The van der Waals surface area contributed by atoms with Gasteiger partial charge in [-0.15, -0.1) is 0 Å². The Morgan fingerprint density at radius 1 is 1.08 bits per heavy atom. The fourth-order valence-electron chi connectivity index (χ4n) is 1.99. The van der Waals surface area contributed by atoms with E-state index in [1.807, 2.05) is 0 Å². The quantitative estimate of drug-likeness (QED) is 0.548. The van der Waals surface area contributed by atoms with Crippen molar-refractivity contribution in [2.45, 2.75) is 32.6 Å². The lowest BCUT2D eigenvalue weighted by Crippen LogP contribution is -2.02. The maximum Gasteiger partial charge on any atom is 0.0947 e. The molecule has 0 saturated carbocycles. The van der Waals surface area contributed by atoms with Crippen molar-refractivity contribution in [1.82, 2.24) is 0 Å². The van der Waals surface area contributed by atoms with E-state index in [0.29, 0.717) is 0 Å². The highest BCUT2D eigenvalue weighted by molar-refractivity contribution is 5.46. The van der Waals surface area contributed by atoms with Crippen LogP contribution in [0.15, 0.2) is 34.4 Å². The second-order valence-corrected chi connectivity index (χ2v) is 3.82. The standard InChI is InChI=1S/C12H13N/c1-9-2-4-12-7-10(8-13)3-5-11(12)6-9/h6-7H,2-5H2,1H3. The highest BCUT2D eigenvalue weighted by Crippen LogP contribution is 2.32. The van der Waals surface area contributed by atoms with E-state index in [1.54, 1.807) is 0 Å². The van der Waals surface area contributed by atoms with Gasteiger partial charge in [0.2, 0.25) is 0 Å². The first-order valence-electron chi connectivity index (χ1n) is 4.79. The second kappa shape index (κ2) is 3.22. The number of allylic oxidation sites excluding steroid dienone is 6. The molecule has 0 aromatic carbocycles. The number of rotatable bonds is 0. The Kier molecular flexibility index (Phi) is 2.06. The van der Waals surface area contributed by atoms with Gasteiger partial charge < -0.3 is 0 Å². The van der Waals surface area contributed by atoms with Crippen LogP contribution in [0, 0.1) is 11.3 Å². The van der Waals surface area contributed by atoms with Gasteiger partial charge in [-0.1, -0.05) is 11.6 Å². The zero-order valence-corrected chi connectivity index (χ0v) is 7.93. The lowest BCUT2D eigenvalue weighted by molar-refractivity contribution is 0.839. The summed E-state index contributed by atoms with van der Waals surface area (Å²) in [6.07, 6.45) is 8.66. The fraction of sp³-hybridized carbons (Fsp3) is 0.417. The molecular formula is C12H13N. The highest BCUT2D eigenvalue weighted by Gasteiger charge is 2.14. The van der Waals surface area contributed by atoms with E-state index in [-0.39, 0.29) is 0 Å². The number of nitriles is 1. The molecule has 1 heteroatoms. The monoisotopic (exact) mass is 171 g/mol. The van der Waals surface area contributed by atoms with Crippen molar-refractivity contribution in [2.24, 2.45) is 0 Å². The van der Waals surface area contributed by atoms with E-state index in [2.05, 4.69) is 25.1 Å². The molecule has 0 spiro atoms. The summed E-state index contributed by atoms with van der Waals surface area (Å²) in [5.74, 6) is 0. The van der Waals surface area contributed by atoms with Crippen molar-refractivity contribution >= 4 is 0 Å². The summed E-state index contributed by atoms with van der Waals surface area (Å²) in [5.41, 5.74) is 5.29. The third-order valence-corrected chi connectivity index (χ3v) is 2.78. The fourth-order valence-corrected chi connectivity index (χ4v) is 1.99. The summed E-state index contributed by atoms with van der Waals surface area (Å²) in [6.45, 7) is 2.19. The first-order valence-corrected chi connectivity index (χ1v) is 4.79. The van der Waals surface area contributed by atoms with Crippen LogP contribution in [0.25, 0.3) is 0 Å². The molecule has 0 saturated heterocycles. The third kappa shape index (κ3) is 1.58. The van der Waals surface area contributed by atoms with Gasteiger partial charge in [-0.2, -0.15) is 5.26 Å². The zero-order chi connectivity index (χ0) is 9.26. The Morgan fingerprint density at radius 3 is 2.54 bits per heavy atom. The van der Waals surface area contributed by atoms with E-state index in [4.69, 9.17) is 5.26 Å². The van der Waals surface area contributed by atoms with E-state index in [0.717, 1.165) is 31.3 Å². The molecule has 2 aliphatic rings. The van der Waals surface area contributed by atoms with E-state index in [9.17, 15) is 0 Å². The van der Waals surface area contributed by atoms with Crippen molar-refractivity contribution in [3.63, 3.8) is 0 Å². The number of hydrogen-bond acceptors (Lipinski definition) is 1. The number of nitrogens with zero attached hydrogens (tertiary/aromatic N) is 1. The predicted octanol–water partition coefficient (Wildman–Crippen LogP) is 3.27. The largest absolute Gasteiger partial charge is 0.193 e. The van der Waals surface area contributed by atoms with Crippen LogP contribution in [-0.4, -0.2) is 0 Å². The molecule has 66 valence electrons. The smallest absolute Gasteiger partial charge is 0.0947 e. The maximum atomic E-state index is 8.78. The first kappa shape index (κ1) is 8.31. The molecule has 0 aliphatic heterocycles. The Labute approximate surface area is 79.1 Å². The minimum absolute atomic E-state index is 0.930. The van der Waals surface area contributed by atoms with Crippen LogP contribution in [0.5, 0.6) is 0 Å². The number of hydrogen-bond donors (Lipinski definition) is 0. The molecule has 0 amide bonds.